The van der Waals surface area contributed by atoms with Gasteiger partial charge in [-0.25, -0.2) is 9.18 Å². The third-order valence-corrected chi connectivity index (χ3v) is 5.68. The molecule has 2 amide bonds. The van der Waals surface area contributed by atoms with Crippen molar-refractivity contribution < 1.29 is 14.0 Å². The van der Waals surface area contributed by atoms with Crippen molar-refractivity contribution >= 4 is 17.5 Å². The lowest BCUT2D eigenvalue weighted by atomic mass is 9.86. The fraction of sp³-hybridized carbons (Fsp3) is 0.208. The number of aromatic nitrogens is 3. The van der Waals surface area contributed by atoms with Crippen LogP contribution in [0.3, 0.4) is 0 Å². The number of nitrogens with one attached hydrogen (secondary N) is 2. The Morgan fingerprint density at radius 3 is 2.62 bits per heavy atom. The van der Waals surface area contributed by atoms with Crippen LogP contribution in [0.4, 0.5) is 10.1 Å². The minimum absolute atomic E-state index is 0.0434. The van der Waals surface area contributed by atoms with Crippen LogP contribution in [0.5, 0.6) is 0 Å². The van der Waals surface area contributed by atoms with Crippen LogP contribution in [0.2, 0.25) is 0 Å². The van der Waals surface area contributed by atoms with Crippen LogP contribution in [-0.2, 0) is 16.1 Å². The molecule has 0 aliphatic carbocycles. The van der Waals surface area contributed by atoms with E-state index in [1.165, 1.54) is 18.3 Å². The van der Waals surface area contributed by atoms with Gasteiger partial charge in [0.25, 0.3) is 11.5 Å². The summed E-state index contributed by atoms with van der Waals surface area (Å²) in [6.45, 7) is 3.67. The van der Waals surface area contributed by atoms with E-state index in [1.54, 1.807) is 44.2 Å². The van der Waals surface area contributed by atoms with Crippen LogP contribution < -0.4 is 21.9 Å². The molecule has 0 unspecified atom stereocenters. The fourth-order valence-corrected chi connectivity index (χ4v) is 3.80. The molecule has 34 heavy (non-hydrogen) atoms. The van der Waals surface area contributed by atoms with E-state index in [0.29, 0.717) is 22.5 Å². The van der Waals surface area contributed by atoms with Gasteiger partial charge in [0, 0.05) is 36.3 Å². The molecule has 0 fully saturated rings. The predicted molar refractivity (Wildman–Crippen MR) is 123 cm³/mol. The molecule has 0 saturated heterocycles. The number of nitrogens with zero attached hydrogens (tertiary/aromatic N) is 3. The average molecular weight is 463 g/mol. The van der Waals surface area contributed by atoms with Crippen molar-refractivity contribution in [3.8, 4) is 5.69 Å². The van der Waals surface area contributed by atoms with Gasteiger partial charge in [-0.05, 0) is 49.2 Å². The van der Waals surface area contributed by atoms with Crippen molar-refractivity contribution in [3.05, 3.63) is 98.2 Å². The van der Waals surface area contributed by atoms with E-state index in [-0.39, 0.29) is 18.9 Å². The summed E-state index contributed by atoms with van der Waals surface area (Å²) in [7, 11) is 0. The molecule has 2 N–H and O–H groups in total. The predicted octanol–water partition coefficient (Wildman–Crippen LogP) is 1.99. The summed E-state index contributed by atoms with van der Waals surface area (Å²) in [4.78, 5) is 49.7. The second-order valence-electron chi connectivity index (χ2n) is 7.85. The van der Waals surface area contributed by atoms with Gasteiger partial charge in [-0.15, -0.1) is 0 Å². The van der Waals surface area contributed by atoms with Crippen molar-refractivity contribution in [1.82, 2.24) is 19.7 Å². The topological polar surface area (TPSA) is 115 Å². The number of rotatable bonds is 5. The summed E-state index contributed by atoms with van der Waals surface area (Å²) in [6, 6.07) is 10.6. The molecule has 0 saturated carbocycles. The first-order valence-corrected chi connectivity index (χ1v) is 10.6. The monoisotopic (exact) mass is 463 g/mol. The highest BCUT2D eigenvalue weighted by molar-refractivity contribution is 6.06. The molecule has 174 valence electrons. The number of anilines is 1. The Bertz CT molecular complexity index is 1420. The summed E-state index contributed by atoms with van der Waals surface area (Å²) in [5.41, 5.74) is 1.39. The zero-order chi connectivity index (χ0) is 24.4. The smallest absolute Gasteiger partial charge is 0.332 e. The maximum absolute atomic E-state index is 13.4. The number of aryl methyl sites for hydroxylation is 1. The van der Waals surface area contributed by atoms with Gasteiger partial charge in [0.15, 0.2) is 0 Å². The molecule has 2 heterocycles. The highest BCUT2D eigenvalue weighted by Crippen LogP contribution is 2.31. The van der Waals surface area contributed by atoms with Gasteiger partial charge in [-0.2, -0.15) is 9.78 Å². The van der Waals surface area contributed by atoms with Crippen LogP contribution in [-0.4, -0.2) is 26.2 Å². The van der Waals surface area contributed by atoms with Crippen molar-refractivity contribution in [2.24, 2.45) is 0 Å². The van der Waals surface area contributed by atoms with Crippen LogP contribution in [0.15, 0.2) is 70.0 Å². The maximum Gasteiger partial charge on any atom is 0.352 e. The molecule has 1 atom stereocenters. The van der Waals surface area contributed by atoms with Crippen molar-refractivity contribution in [3.63, 3.8) is 0 Å². The first-order valence-electron chi connectivity index (χ1n) is 10.6. The lowest BCUT2D eigenvalue weighted by molar-refractivity contribution is -0.121. The maximum atomic E-state index is 13.4. The summed E-state index contributed by atoms with van der Waals surface area (Å²) < 4.78 is 15.5. The second kappa shape index (κ2) is 9.26. The van der Waals surface area contributed by atoms with Gasteiger partial charge in [0.05, 0.1) is 5.69 Å². The Hall–Kier alpha value is -4.34. The van der Waals surface area contributed by atoms with Gasteiger partial charge >= 0.3 is 5.69 Å². The van der Waals surface area contributed by atoms with Gasteiger partial charge in [0.2, 0.25) is 5.91 Å². The van der Waals surface area contributed by atoms with Crippen molar-refractivity contribution in [1.29, 1.82) is 0 Å². The number of carbonyl (C=O) groups is 2. The average Bonchev–Trinajstić information content (AvgIpc) is 2.81. The minimum atomic E-state index is -0.592. The number of hydrogen-bond acceptors (Lipinski definition) is 5. The highest BCUT2D eigenvalue weighted by Gasteiger charge is 2.29. The Labute approximate surface area is 193 Å². The standard InChI is InChI=1S/C24H22FN5O4/c1-3-29-22(32)13-27-30(24(29)34)17-9-4-14(2)20(10-17)28-23(33)19-12-26-21(31)11-18(19)15-5-7-16(25)8-6-15/h4-10,12-13,18H,3,11H2,1-2H3,(H,26,31)(H,28,33)/t18-/m0/s1. The molecule has 0 spiro atoms. The quantitative estimate of drug-likeness (QED) is 0.601. The molecular formula is C24H22FN5O4. The van der Waals surface area contributed by atoms with E-state index in [1.807, 2.05) is 0 Å². The van der Waals surface area contributed by atoms with E-state index in [0.717, 1.165) is 21.0 Å². The first kappa shape index (κ1) is 22.8. The largest absolute Gasteiger partial charge is 0.352 e. The molecule has 1 aromatic heterocycles. The molecule has 1 aliphatic heterocycles. The summed E-state index contributed by atoms with van der Waals surface area (Å²) >= 11 is 0. The Morgan fingerprint density at radius 1 is 1.18 bits per heavy atom. The Kier molecular flexibility index (Phi) is 6.22. The van der Waals surface area contributed by atoms with Crippen LogP contribution in [0, 0.1) is 12.7 Å². The number of carbonyl (C=O) groups excluding carboxylic acids is 2. The third-order valence-electron chi connectivity index (χ3n) is 5.68. The zero-order valence-electron chi connectivity index (χ0n) is 18.5. The van der Waals surface area contributed by atoms with E-state index in [4.69, 9.17) is 0 Å². The second-order valence-corrected chi connectivity index (χ2v) is 7.85. The van der Waals surface area contributed by atoms with Crippen LogP contribution >= 0.6 is 0 Å². The molecule has 1 aliphatic rings. The molecule has 3 aromatic rings. The van der Waals surface area contributed by atoms with Crippen LogP contribution in [0.1, 0.15) is 30.4 Å². The third kappa shape index (κ3) is 4.42. The lowest BCUT2D eigenvalue weighted by Gasteiger charge is -2.24. The van der Waals surface area contributed by atoms with Gasteiger partial charge in [0.1, 0.15) is 12.0 Å². The van der Waals surface area contributed by atoms with Gasteiger partial charge in [-0.1, -0.05) is 18.2 Å². The molecular weight excluding hydrogens is 441 g/mol. The van der Waals surface area contributed by atoms with E-state index >= 15 is 0 Å². The molecule has 0 bridgehead atoms. The Morgan fingerprint density at radius 2 is 1.91 bits per heavy atom. The molecule has 9 nitrogen and oxygen atoms in total. The molecule has 4 rings (SSSR count). The SMILES string of the molecule is CCn1c(=O)cnn(-c2ccc(C)c(NC(=O)C3=CNC(=O)C[C@H]3c3ccc(F)cc3)c2)c1=O. The molecule has 0 radical (unpaired) electrons. The Balaban J connectivity index is 1.67. The first-order chi connectivity index (χ1) is 16.3. The summed E-state index contributed by atoms with van der Waals surface area (Å²) in [5.74, 6) is -1.66. The van der Waals surface area contributed by atoms with E-state index in [9.17, 15) is 23.6 Å². The molecule has 10 heteroatoms. The summed E-state index contributed by atoms with van der Waals surface area (Å²) in [6.07, 6.45) is 2.46. The van der Waals surface area contributed by atoms with Crippen molar-refractivity contribution in [2.45, 2.75) is 32.7 Å². The van der Waals surface area contributed by atoms with Gasteiger partial charge in [-0.3, -0.25) is 19.0 Å². The van der Waals surface area contributed by atoms with Crippen molar-refractivity contribution in [2.75, 3.05) is 5.32 Å². The number of benzene rings is 2. The normalized spacial score (nSPS) is 15.4. The van der Waals surface area contributed by atoms with E-state index in [2.05, 4.69) is 15.7 Å². The van der Waals surface area contributed by atoms with E-state index < -0.39 is 28.9 Å². The minimum Gasteiger partial charge on any atom is -0.332 e. The number of amides is 2. The summed E-state index contributed by atoms with van der Waals surface area (Å²) in [5, 5.41) is 9.33. The fourth-order valence-electron chi connectivity index (χ4n) is 3.80. The van der Waals surface area contributed by atoms with Gasteiger partial charge < -0.3 is 10.6 Å². The highest BCUT2D eigenvalue weighted by atomic mass is 19.1. The van der Waals surface area contributed by atoms with Crippen LogP contribution in [0.25, 0.3) is 5.69 Å². The molecule has 2 aromatic carbocycles. The number of halogens is 1. The lowest BCUT2D eigenvalue weighted by Crippen LogP contribution is -2.39. The number of hydrogen-bond donors (Lipinski definition) is 2. The zero-order valence-corrected chi connectivity index (χ0v) is 18.5.